The van der Waals surface area contributed by atoms with Crippen molar-refractivity contribution >= 4 is 5.91 Å². The minimum absolute atomic E-state index is 0.0949. The van der Waals surface area contributed by atoms with E-state index in [2.05, 4.69) is 25.7 Å². The van der Waals surface area contributed by atoms with Crippen LogP contribution in [0, 0.1) is 6.92 Å². The van der Waals surface area contributed by atoms with E-state index in [1.54, 1.807) is 13.0 Å². The van der Waals surface area contributed by atoms with Crippen LogP contribution in [0.4, 0.5) is 0 Å². The van der Waals surface area contributed by atoms with Crippen LogP contribution in [0.5, 0.6) is 5.88 Å². The first-order chi connectivity index (χ1) is 8.74. The number of amides is 1. The minimum atomic E-state index is -0.227. The molecule has 8 nitrogen and oxygen atoms in total. The standard InChI is InChI=1S/C10H13N5O3/c1-7-4-10(15-18-7)17-5-9(16)11-3-2-8-12-6-13-14-8/h4,6H,2-3,5H2,1H3,(H,11,16)(H,12,13,14). The first kappa shape index (κ1) is 12.1. The number of H-pyrrole nitrogens is 1. The molecule has 1 amide bonds. The summed E-state index contributed by atoms with van der Waals surface area (Å²) < 4.78 is 9.92. The second-order valence-electron chi connectivity index (χ2n) is 3.60. The molecule has 0 bridgehead atoms. The smallest absolute Gasteiger partial charge is 0.258 e. The predicted octanol–water partition coefficient (Wildman–Crippen LogP) is -0.161. The van der Waals surface area contributed by atoms with E-state index < -0.39 is 0 Å². The number of aryl methyl sites for hydroxylation is 1. The van der Waals surface area contributed by atoms with Crippen LogP contribution < -0.4 is 10.1 Å². The molecule has 2 aromatic heterocycles. The maximum Gasteiger partial charge on any atom is 0.258 e. The summed E-state index contributed by atoms with van der Waals surface area (Å²) in [6.07, 6.45) is 2.02. The van der Waals surface area contributed by atoms with Gasteiger partial charge in [0.25, 0.3) is 11.8 Å². The lowest BCUT2D eigenvalue weighted by Gasteiger charge is -2.03. The van der Waals surface area contributed by atoms with Gasteiger partial charge >= 0.3 is 0 Å². The molecule has 0 saturated carbocycles. The first-order valence-corrected chi connectivity index (χ1v) is 5.41. The van der Waals surface area contributed by atoms with Gasteiger partial charge in [0.15, 0.2) is 6.61 Å². The summed E-state index contributed by atoms with van der Waals surface area (Å²) in [5.74, 6) is 1.44. The van der Waals surface area contributed by atoms with Crippen molar-refractivity contribution in [1.29, 1.82) is 0 Å². The minimum Gasteiger partial charge on any atom is -0.465 e. The lowest BCUT2D eigenvalue weighted by molar-refractivity contribution is -0.123. The molecule has 18 heavy (non-hydrogen) atoms. The van der Waals surface area contributed by atoms with E-state index in [-0.39, 0.29) is 12.5 Å². The topological polar surface area (TPSA) is 106 Å². The number of aromatic amines is 1. The SMILES string of the molecule is Cc1cc(OCC(=O)NCCc2ncn[nH]2)no1. The molecule has 2 aromatic rings. The number of aromatic nitrogens is 4. The molecule has 2 heterocycles. The van der Waals surface area contributed by atoms with Gasteiger partial charge < -0.3 is 14.6 Å². The van der Waals surface area contributed by atoms with Gasteiger partial charge in [-0.25, -0.2) is 4.98 Å². The monoisotopic (exact) mass is 251 g/mol. The first-order valence-electron chi connectivity index (χ1n) is 5.41. The molecule has 0 atom stereocenters. The Hall–Kier alpha value is -2.38. The summed E-state index contributed by atoms with van der Waals surface area (Å²) in [5, 5.41) is 12.7. The average Bonchev–Trinajstić information content (AvgIpc) is 2.98. The zero-order valence-electron chi connectivity index (χ0n) is 9.84. The average molecular weight is 251 g/mol. The van der Waals surface area contributed by atoms with Gasteiger partial charge in [0.2, 0.25) is 0 Å². The summed E-state index contributed by atoms with van der Waals surface area (Å²) >= 11 is 0. The van der Waals surface area contributed by atoms with Crippen LogP contribution in [0.2, 0.25) is 0 Å². The molecule has 0 aliphatic rings. The number of carbonyl (C=O) groups excluding carboxylic acids is 1. The van der Waals surface area contributed by atoms with E-state index in [0.717, 1.165) is 5.82 Å². The Morgan fingerprint density at radius 1 is 1.61 bits per heavy atom. The van der Waals surface area contributed by atoms with Crippen LogP contribution in [0.1, 0.15) is 11.6 Å². The highest BCUT2D eigenvalue weighted by Gasteiger charge is 2.05. The number of rotatable bonds is 6. The van der Waals surface area contributed by atoms with Crippen LogP contribution in [0.25, 0.3) is 0 Å². The van der Waals surface area contributed by atoms with E-state index in [4.69, 9.17) is 9.26 Å². The van der Waals surface area contributed by atoms with Crippen LogP contribution in [-0.2, 0) is 11.2 Å². The van der Waals surface area contributed by atoms with Crippen molar-refractivity contribution in [3.63, 3.8) is 0 Å². The van der Waals surface area contributed by atoms with Crippen molar-refractivity contribution in [3.05, 3.63) is 24.0 Å². The number of nitrogens with zero attached hydrogens (tertiary/aromatic N) is 3. The molecular formula is C10H13N5O3. The lowest BCUT2D eigenvalue weighted by atomic mass is 10.4. The Labute approximate surface area is 103 Å². The Morgan fingerprint density at radius 2 is 2.50 bits per heavy atom. The van der Waals surface area contributed by atoms with E-state index in [0.29, 0.717) is 24.6 Å². The number of ether oxygens (including phenoxy) is 1. The molecule has 96 valence electrons. The molecule has 0 spiro atoms. The molecule has 2 rings (SSSR count). The second kappa shape index (κ2) is 5.80. The van der Waals surface area contributed by atoms with Gasteiger partial charge in [0, 0.05) is 19.0 Å². The highest BCUT2D eigenvalue weighted by atomic mass is 16.5. The third-order valence-electron chi connectivity index (χ3n) is 2.11. The van der Waals surface area contributed by atoms with Crippen LogP contribution in [0.15, 0.2) is 16.9 Å². The zero-order valence-corrected chi connectivity index (χ0v) is 9.84. The van der Waals surface area contributed by atoms with Crippen molar-refractivity contribution in [3.8, 4) is 5.88 Å². The summed E-state index contributed by atoms with van der Waals surface area (Å²) in [5.41, 5.74) is 0. The zero-order chi connectivity index (χ0) is 12.8. The number of nitrogens with one attached hydrogen (secondary N) is 2. The van der Waals surface area contributed by atoms with Crippen LogP contribution >= 0.6 is 0 Å². The Morgan fingerprint density at radius 3 is 3.17 bits per heavy atom. The largest absolute Gasteiger partial charge is 0.465 e. The molecule has 0 saturated heterocycles. The molecule has 8 heteroatoms. The third-order valence-corrected chi connectivity index (χ3v) is 2.11. The van der Waals surface area contributed by atoms with Crippen LogP contribution in [-0.4, -0.2) is 39.4 Å². The van der Waals surface area contributed by atoms with Crippen LogP contribution in [0.3, 0.4) is 0 Å². The fourth-order valence-electron chi connectivity index (χ4n) is 1.27. The van der Waals surface area contributed by atoms with Crippen molar-refractivity contribution in [2.75, 3.05) is 13.2 Å². The lowest BCUT2D eigenvalue weighted by Crippen LogP contribution is -2.30. The quantitative estimate of drug-likeness (QED) is 0.738. The van der Waals surface area contributed by atoms with E-state index in [9.17, 15) is 4.79 Å². The van der Waals surface area contributed by atoms with Gasteiger partial charge in [0.1, 0.15) is 17.9 Å². The molecule has 0 unspecified atom stereocenters. The highest BCUT2D eigenvalue weighted by Crippen LogP contribution is 2.09. The van der Waals surface area contributed by atoms with E-state index in [1.165, 1.54) is 6.33 Å². The molecular weight excluding hydrogens is 238 g/mol. The highest BCUT2D eigenvalue weighted by molar-refractivity contribution is 5.77. The van der Waals surface area contributed by atoms with Gasteiger partial charge in [-0.2, -0.15) is 5.10 Å². The summed E-state index contributed by atoms with van der Waals surface area (Å²) in [6, 6.07) is 1.61. The molecule has 0 aliphatic heterocycles. The van der Waals surface area contributed by atoms with Gasteiger partial charge in [-0.3, -0.25) is 9.89 Å². The number of hydrogen-bond acceptors (Lipinski definition) is 6. The summed E-state index contributed by atoms with van der Waals surface area (Å²) in [6.45, 7) is 2.12. The normalized spacial score (nSPS) is 10.3. The van der Waals surface area contributed by atoms with Gasteiger partial charge in [-0.1, -0.05) is 0 Å². The maximum atomic E-state index is 11.4. The molecule has 0 fully saturated rings. The molecule has 0 aromatic carbocycles. The Balaban J connectivity index is 1.63. The predicted molar refractivity (Wildman–Crippen MR) is 59.8 cm³/mol. The molecule has 2 N–H and O–H groups in total. The van der Waals surface area contributed by atoms with Crippen molar-refractivity contribution in [1.82, 2.24) is 25.7 Å². The van der Waals surface area contributed by atoms with Gasteiger partial charge in [-0.05, 0) is 12.1 Å². The Kier molecular flexibility index (Phi) is 3.90. The number of carbonyl (C=O) groups is 1. The maximum absolute atomic E-state index is 11.4. The fraction of sp³-hybridized carbons (Fsp3) is 0.400. The molecule has 0 aliphatic carbocycles. The van der Waals surface area contributed by atoms with Gasteiger partial charge in [-0.15, -0.1) is 0 Å². The van der Waals surface area contributed by atoms with Crippen molar-refractivity contribution in [2.24, 2.45) is 0 Å². The summed E-state index contributed by atoms with van der Waals surface area (Å²) in [7, 11) is 0. The number of hydrogen-bond donors (Lipinski definition) is 2. The van der Waals surface area contributed by atoms with Crippen molar-refractivity contribution < 1.29 is 14.1 Å². The van der Waals surface area contributed by atoms with E-state index in [1.807, 2.05) is 0 Å². The fourth-order valence-corrected chi connectivity index (χ4v) is 1.27. The second-order valence-corrected chi connectivity index (χ2v) is 3.60. The summed E-state index contributed by atoms with van der Waals surface area (Å²) in [4.78, 5) is 15.3. The van der Waals surface area contributed by atoms with Crippen molar-refractivity contribution in [2.45, 2.75) is 13.3 Å². The third kappa shape index (κ3) is 3.58. The Bertz CT molecular complexity index is 493. The van der Waals surface area contributed by atoms with Gasteiger partial charge in [0.05, 0.1) is 0 Å². The molecule has 0 radical (unpaired) electrons. The van der Waals surface area contributed by atoms with E-state index >= 15 is 0 Å².